The van der Waals surface area contributed by atoms with Crippen molar-refractivity contribution in [1.29, 1.82) is 0 Å². The molecule has 0 atom stereocenters. The molecule has 1 heterocycles. The third-order valence-corrected chi connectivity index (χ3v) is 11.4. The highest BCUT2D eigenvalue weighted by Gasteiger charge is 2.44. The van der Waals surface area contributed by atoms with Crippen LogP contribution in [0.2, 0.25) is 0 Å². The molecule has 0 radical (unpaired) electrons. The van der Waals surface area contributed by atoms with Gasteiger partial charge in [0, 0.05) is 29.7 Å². The zero-order valence-electron chi connectivity index (χ0n) is 19.2. The largest absolute Gasteiger partial charge is 0.130 e. The lowest BCUT2D eigenvalue weighted by molar-refractivity contribution is 0.839. The molecule has 4 aromatic rings. The van der Waals surface area contributed by atoms with Crippen LogP contribution in [-0.4, -0.2) is 5.25 Å². The van der Waals surface area contributed by atoms with E-state index in [4.69, 9.17) is 0 Å². The molecular formula is C30H30S2. The minimum absolute atomic E-state index is 0.459. The normalized spacial score (nSPS) is 14.9. The van der Waals surface area contributed by atoms with Crippen LogP contribution in [0.1, 0.15) is 39.2 Å². The topological polar surface area (TPSA) is 0 Å². The summed E-state index contributed by atoms with van der Waals surface area (Å²) in [6, 6.07) is 36.6. The van der Waals surface area contributed by atoms with Crippen molar-refractivity contribution in [2.45, 2.75) is 63.3 Å². The maximum Gasteiger partial charge on any atom is 0.0205 e. The van der Waals surface area contributed by atoms with Crippen molar-refractivity contribution >= 4 is 21.8 Å². The van der Waals surface area contributed by atoms with Gasteiger partial charge in [-0.2, -0.15) is 0 Å². The predicted octanol–water partition coefficient (Wildman–Crippen LogP) is 9.63. The van der Waals surface area contributed by atoms with E-state index in [1.807, 2.05) is 11.8 Å². The number of fused-ring (bicyclic) bond motifs is 3. The van der Waals surface area contributed by atoms with E-state index >= 15 is 0 Å². The van der Waals surface area contributed by atoms with Crippen molar-refractivity contribution in [2.75, 3.05) is 0 Å². The van der Waals surface area contributed by atoms with Crippen LogP contribution in [0.3, 0.4) is 0 Å². The van der Waals surface area contributed by atoms with Crippen molar-refractivity contribution < 1.29 is 0 Å². The smallest absolute Gasteiger partial charge is 0.0205 e. The highest BCUT2D eigenvalue weighted by molar-refractivity contribution is 8.34. The molecule has 1 aliphatic heterocycles. The zero-order chi connectivity index (χ0) is 22.3. The Morgan fingerprint density at radius 2 is 1.00 bits per heavy atom. The first-order chi connectivity index (χ1) is 15.5. The molecule has 0 fully saturated rings. The van der Waals surface area contributed by atoms with Gasteiger partial charge in [0.2, 0.25) is 0 Å². The molecule has 0 nitrogen and oxygen atoms in total. The quantitative estimate of drug-likeness (QED) is 0.238. The fourth-order valence-electron chi connectivity index (χ4n) is 4.91. The first-order valence-electron chi connectivity index (χ1n) is 11.4. The van der Waals surface area contributed by atoms with Crippen LogP contribution in [0.4, 0.5) is 0 Å². The van der Waals surface area contributed by atoms with Crippen LogP contribution < -0.4 is 0 Å². The summed E-state index contributed by atoms with van der Waals surface area (Å²) in [6.07, 6.45) is 0. The minimum atomic E-state index is -1.61. The van der Waals surface area contributed by atoms with E-state index in [1.165, 1.54) is 41.2 Å². The van der Waals surface area contributed by atoms with Crippen molar-refractivity contribution in [2.24, 2.45) is 0 Å². The first-order valence-corrected chi connectivity index (χ1v) is 13.9. The fourth-order valence-corrected chi connectivity index (χ4v) is 10.9. The third-order valence-electron chi connectivity index (χ3n) is 6.14. The van der Waals surface area contributed by atoms with Crippen molar-refractivity contribution in [3.8, 4) is 11.1 Å². The Morgan fingerprint density at radius 1 is 0.531 bits per heavy atom. The molecule has 0 aliphatic carbocycles. The molecule has 0 saturated heterocycles. The van der Waals surface area contributed by atoms with Crippen molar-refractivity contribution in [1.82, 2.24) is 0 Å². The molecular weight excluding hydrogens is 424 g/mol. The van der Waals surface area contributed by atoms with Crippen molar-refractivity contribution in [3.05, 3.63) is 103 Å². The van der Waals surface area contributed by atoms with E-state index in [0.29, 0.717) is 11.2 Å². The van der Waals surface area contributed by atoms with E-state index in [1.54, 1.807) is 0 Å². The standard InChI is InChI=1S/C30H30S2/c1-21(2)23-13-5-9-17-27(23)32(30-20-12-8-16-26(30)31-22(3)4)28-18-10-6-14-24(28)25-15-7-11-19-29(25)32/h5-22H,1-4H3. The van der Waals surface area contributed by atoms with Gasteiger partial charge in [0.15, 0.2) is 0 Å². The molecule has 0 saturated carbocycles. The zero-order valence-corrected chi connectivity index (χ0v) is 20.8. The Labute approximate surface area is 198 Å². The van der Waals surface area contributed by atoms with Crippen LogP contribution in [0, 0.1) is 0 Å². The van der Waals surface area contributed by atoms with Gasteiger partial charge in [0.05, 0.1) is 0 Å². The van der Waals surface area contributed by atoms with Gasteiger partial charge in [0.1, 0.15) is 0 Å². The predicted molar refractivity (Wildman–Crippen MR) is 140 cm³/mol. The molecule has 0 unspecified atom stereocenters. The Balaban J connectivity index is 1.98. The molecule has 32 heavy (non-hydrogen) atoms. The number of rotatable bonds is 5. The van der Waals surface area contributed by atoms with E-state index in [-0.39, 0.29) is 0 Å². The van der Waals surface area contributed by atoms with Gasteiger partial charge in [-0.1, -0.05) is 94.4 Å². The minimum Gasteiger partial charge on any atom is -0.130 e. The first kappa shape index (κ1) is 21.4. The molecule has 0 amide bonds. The molecule has 0 bridgehead atoms. The summed E-state index contributed by atoms with van der Waals surface area (Å²) in [6.45, 7) is 9.24. The van der Waals surface area contributed by atoms with E-state index in [9.17, 15) is 0 Å². The Morgan fingerprint density at radius 3 is 1.56 bits per heavy atom. The van der Waals surface area contributed by atoms with E-state index in [2.05, 4.69) is 125 Å². The summed E-state index contributed by atoms with van der Waals surface area (Å²) in [5.74, 6) is 0.459. The van der Waals surface area contributed by atoms with Crippen LogP contribution in [0.25, 0.3) is 11.1 Å². The number of thioether (sulfide) groups is 1. The molecule has 5 rings (SSSR count). The lowest BCUT2D eigenvalue weighted by Gasteiger charge is -2.42. The summed E-state index contributed by atoms with van der Waals surface area (Å²) in [5.41, 5.74) is 4.24. The second kappa shape index (κ2) is 8.50. The monoisotopic (exact) mass is 454 g/mol. The van der Waals surface area contributed by atoms with Gasteiger partial charge in [0.25, 0.3) is 0 Å². The molecule has 2 heteroatoms. The van der Waals surface area contributed by atoms with Crippen LogP contribution >= 0.6 is 21.8 Å². The van der Waals surface area contributed by atoms with Crippen LogP contribution in [0.15, 0.2) is 122 Å². The number of hydrogen-bond donors (Lipinski definition) is 0. The lowest BCUT2D eigenvalue weighted by Crippen LogP contribution is -2.07. The number of hydrogen-bond acceptors (Lipinski definition) is 1. The van der Waals surface area contributed by atoms with Gasteiger partial charge in [-0.05, 0) is 52.9 Å². The lowest BCUT2D eigenvalue weighted by atomic mass is 10.0. The Hall–Kier alpha value is -2.42. The maximum atomic E-state index is 2.40. The second-order valence-corrected chi connectivity index (χ2v) is 13.5. The van der Waals surface area contributed by atoms with Gasteiger partial charge >= 0.3 is 0 Å². The summed E-state index contributed by atoms with van der Waals surface area (Å²) < 4.78 is 0. The van der Waals surface area contributed by atoms with Crippen LogP contribution in [-0.2, 0) is 0 Å². The summed E-state index contributed by atoms with van der Waals surface area (Å²) in [4.78, 5) is 7.33. The van der Waals surface area contributed by atoms with Gasteiger partial charge < -0.3 is 0 Å². The second-order valence-electron chi connectivity index (χ2n) is 8.91. The SMILES string of the molecule is CC(C)Sc1ccccc1S1(c2ccccc2C(C)C)c2ccccc2-c2ccccc21. The molecule has 0 aromatic heterocycles. The van der Waals surface area contributed by atoms with Crippen molar-refractivity contribution in [3.63, 3.8) is 0 Å². The van der Waals surface area contributed by atoms with Crippen LogP contribution in [0.5, 0.6) is 0 Å². The average molecular weight is 455 g/mol. The molecule has 1 aliphatic rings. The van der Waals surface area contributed by atoms with E-state index in [0.717, 1.165) is 0 Å². The fraction of sp³-hybridized carbons (Fsp3) is 0.200. The Kier molecular flexibility index (Phi) is 5.69. The summed E-state index contributed by atoms with van der Waals surface area (Å²) in [5, 5.41) is 0.528. The highest BCUT2D eigenvalue weighted by Crippen LogP contribution is 2.81. The summed E-state index contributed by atoms with van der Waals surface area (Å²) in [7, 11) is -1.61. The maximum absolute atomic E-state index is 2.40. The van der Waals surface area contributed by atoms with E-state index < -0.39 is 10.0 Å². The molecule has 0 spiro atoms. The average Bonchev–Trinajstić information content (AvgIpc) is 3.10. The summed E-state index contributed by atoms with van der Waals surface area (Å²) >= 11 is 1.99. The third kappa shape index (κ3) is 3.24. The van der Waals surface area contributed by atoms with Gasteiger partial charge in [-0.3, -0.25) is 0 Å². The Bertz CT molecular complexity index is 1220. The number of benzene rings is 4. The van der Waals surface area contributed by atoms with Gasteiger partial charge in [-0.25, -0.2) is 0 Å². The molecule has 162 valence electrons. The van der Waals surface area contributed by atoms with Gasteiger partial charge in [-0.15, -0.1) is 21.8 Å². The highest BCUT2D eigenvalue weighted by atomic mass is 32.3. The molecule has 0 N–H and O–H groups in total. The molecule has 4 aromatic carbocycles.